The minimum Gasteiger partial charge on any atom is -0.378 e. The molecule has 0 bridgehead atoms. The molecule has 2 atom stereocenters. The van der Waals surface area contributed by atoms with E-state index >= 15 is 0 Å². The van der Waals surface area contributed by atoms with Crippen molar-refractivity contribution in [1.29, 1.82) is 0 Å². The molecule has 1 amide bonds. The van der Waals surface area contributed by atoms with Gasteiger partial charge in [0.25, 0.3) is 0 Å². The van der Waals surface area contributed by atoms with Gasteiger partial charge in [-0.05, 0) is 37.6 Å². The molecule has 1 aromatic rings. The summed E-state index contributed by atoms with van der Waals surface area (Å²) in [6.45, 7) is 5.32. The Morgan fingerprint density at radius 1 is 1.19 bits per heavy atom. The maximum absolute atomic E-state index is 12.2. The van der Waals surface area contributed by atoms with Crippen LogP contribution in [-0.4, -0.2) is 50.2 Å². The standard InChI is InChI=1S/C17H24N2O2/c1-13-11-19(12-14(2)21-13)17(20)10-7-15-5-8-16(9-6-15)18(3)4/h5-10,13-14H,11-12H2,1-4H3/b10-7+. The normalized spacial score (nSPS) is 22.6. The Balaban J connectivity index is 1.98. The van der Waals surface area contributed by atoms with Gasteiger partial charge in [-0.1, -0.05) is 12.1 Å². The zero-order valence-corrected chi connectivity index (χ0v) is 13.2. The number of ether oxygens (including phenoxy) is 1. The molecule has 1 aliphatic heterocycles. The summed E-state index contributed by atoms with van der Waals surface area (Å²) in [5.41, 5.74) is 2.18. The van der Waals surface area contributed by atoms with Gasteiger partial charge in [-0.2, -0.15) is 0 Å². The van der Waals surface area contributed by atoms with Crippen LogP contribution in [-0.2, 0) is 9.53 Å². The SMILES string of the molecule is CC1CN(C(=O)/C=C/c2ccc(N(C)C)cc2)CC(C)O1. The molecule has 0 spiro atoms. The molecule has 4 nitrogen and oxygen atoms in total. The van der Waals surface area contributed by atoms with Crippen LogP contribution >= 0.6 is 0 Å². The van der Waals surface area contributed by atoms with Gasteiger partial charge in [-0.25, -0.2) is 0 Å². The van der Waals surface area contributed by atoms with E-state index in [1.54, 1.807) is 6.08 Å². The largest absolute Gasteiger partial charge is 0.378 e. The van der Waals surface area contributed by atoms with E-state index in [1.165, 1.54) is 0 Å². The quantitative estimate of drug-likeness (QED) is 0.801. The number of hydrogen-bond acceptors (Lipinski definition) is 3. The smallest absolute Gasteiger partial charge is 0.246 e. The second kappa shape index (κ2) is 6.76. The van der Waals surface area contributed by atoms with Crippen LogP contribution in [0.1, 0.15) is 19.4 Å². The molecular weight excluding hydrogens is 264 g/mol. The molecule has 2 rings (SSSR count). The first-order valence-electron chi connectivity index (χ1n) is 7.35. The minimum atomic E-state index is 0.0497. The van der Waals surface area contributed by atoms with Crippen molar-refractivity contribution < 1.29 is 9.53 Å². The molecule has 1 aromatic carbocycles. The maximum Gasteiger partial charge on any atom is 0.246 e. The average Bonchev–Trinajstić information content (AvgIpc) is 2.44. The molecule has 0 aliphatic carbocycles. The number of amides is 1. The number of benzene rings is 1. The lowest BCUT2D eigenvalue weighted by Crippen LogP contribution is -2.47. The highest BCUT2D eigenvalue weighted by atomic mass is 16.5. The molecular formula is C17H24N2O2. The van der Waals surface area contributed by atoms with Gasteiger partial charge in [0.2, 0.25) is 5.91 Å². The maximum atomic E-state index is 12.2. The molecule has 1 saturated heterocycles. The minimum absolute atomic E-state index is 0.0497. The van der Waals surface area contributed by atoms with Crippen LogP contribution in [0.3, 0.4) is 0 Å². The number of anilines is 1. The Kier molecular flexibility index (Phi) is 5.02. The first kappa shape index (κ1) is 15.6. The van der Waals surface area contributed by atoms with E-state index in [0.717, 1.165) is 11.3 Å². The van der Waals surface area contributed by atoms with Crippen molar-refractivity contribution >= 4 is 17.7 Å². The molecule has 114 valence electrons. The fourth-order valence-electron chi connectivity index (χ4n) is 2.51. The predicted octanol–water partition coefficient (Wildman–Crippen LogP) is 2.40. The summed E-state index contributed by atoms with van der Waals surface area (Å²) in [6, 6.07) is 8.12. The summed E-state index contributed by atoms with van der Waals surface area (Å²) < 4.78 is 5.64. The van der Waals surface area contributed by atoms with Crippen molar-refractivity contribution in [3.05, 3.63) is 35.9 Å². The predicted molar refractivity (Wildman–Crippen MR) is 86.4 cm³/mol. The second-order valence-corrected chi connectivity index (χ2v) is 5.82. The molecule has 0 aromatic heterocycles. The van der Waals surface area contributed by atoms with E-state index in [9.17, 15) is 4.79 Å². The highest BCUT2D eigenvalue weighted by molar-refractivity contribution is 5.91. The van der Waals surface area contributed by atoms with Crippen LogP contribution in [0.15, 0.2) is 30.3 Å². The van der Waals surface area contributed by atoms with Crippen molar-refractivity contribution in [2.24, 2.45) is 0 Å². The fraction of sp³-hybridized carbons (Fsp3) is 0.471. The lowest BCUT2D eigenvalue weighted by Gasteiger charge is -2.34. The van der Waals surface area contributed by atoms with Crippen molar-refractivity contribution in [3.63, 3.8) is 0 Å². The third-order valence-electron chi connectivity index (χ3n) is 3.56. The van der Waals surface area contributed by atoms with Crippen LogP contribution in [0.5, 0.6) is 0 Å². The topological polar surface area (TPSA) is 32.8 Å². The molecule has 0 radical (unpaired) electrons. The third kappa shape index (κ3) is 4.33. The average molecular weight is 288 g/mol. The summed E-state index contributed by atoms with van der Waals surface area (Å²) in [5.74, 6) is 0.0497. The Bertz CT molecular complexity index is 498. The summed E-state index contributed by atoms with van der Waals surface area (Å²) in [6.07, 6.45) is 3.72. The van der Waals surface area contributed by atoms with Gasteiger partial charge in [0.15, 0.2) is 0 Å². The van der Waals surface area contributed by atoms with Crippen LogP contribution in [0.2, 0.25) is 0 Å². The van der Waals surface area contributed by atoms with Crippen LogP contribution < -0.4 is 4.90 Å². The molecule has 0 saturated carbocycles. The summed E-state index contributed by atoms with van der Waals surface area (Å²) in [4.78, 5) is 16.1. The number of carbonyl (C=O) groups is 1. The van der Waals surface area contributed by atoms with Gasteiger partial charge in [0.1, 0.15) is 0 Å². The van der Waals surface area contributed by atoms with Crippen molar-refractivity contribution in [2.75, 3.05) is 32.1 Å². The summed E-state index contributed by atoms with van der Waals surface area (Å²) in [5, 5.41) is 0. The number of morpholine rings is 1. The van der Waals surface area contributed by atoms with E-state index in [4.69, 9.17) is 4.74 Å². The Labute approximate surface area is 127 Å². The van der Waals surface area contributed by atoms with Gasteiger partial charge in [-0.3, -0.25) is 4.79 Å². The van der Waals surface area contributed by atoms with Crippen LogP contribution in [0, 0.1) is 0 Å². The highest BCUT2D eigenvalue weighted by Crippen LogP contribution is 2.14. The zero-order valence-electron chi connectivity index (χ0n) is 13.2. The summed E-state index contributed by atoms with van der Waals surface area (Å²) >= 11 is 0. The van der Waals surface area contributed by atoms with E-state index < -0.39 is 0 Å². The van der Waals surface area contributed by atoms with Gasteiger partial charge in [0.05, 0.1) is 12.2 Å². The summed E-state index contributed by atoms with van der Waals surface area (Å²) in [7, 11) is 4.02. The number of hydrogen-bond donors (Lipinski definition) is 0. The lowest BCUT2D eigenvalue weighted by molar-refractivity contribution is -0.137. The molecule has 1 aliphatic rings. The van der Waals surface area contributed by atoms with E-state index in [0.29, 0.717) is 13.1 Å². The van der Waals surface area contributed by atoms with E-state index in [2.05, 4.69) is 4.90 Å². The van der Waals surface area contributed by atoms with Crippen LogP contribution in [0.25, 0.3) is 6.08 Å². The van der Waals surface area contributed by atoms with Crippen molar-refractivity contribution in [3.8, 4) is 0 Å². The van der Waals surface area contributed by atoms with Crippen molar-refractivity contribution in [1.82, 2.24) is 4.90 Å². The number of rotatable bonds is 3. The fourth-order valence-corrected chi connectivity index (χ4v) is 2.51. The monoisotopic (exact) mass is 288 g/mol. The number of carbonyl (C=O) groups excluding carboxylic acids is 1. The van der Waals surface area contributed by atoms with E-state index in [1.807, 2.05) is 63.2 Å². The Hall–Kier alpha value is -1.81. The van der Waals surface area contributed by atoms with Gasteiger partial charge in [-0.15, -0.1) is 0 Å². The lowest BCUT2D eigenvalue weighted by atomic mass is 10.1. The third-order valence-corrected chi connectivity index (χ3v) is 3.56. The molecule has 1 fully saturated rings. The zero-order chi connectivity index (χ0) is 15.4. The first-order chi connectivity index (χ1) is 9.95. The molecule has 21 heavy (non-hydrogen) atoms. The number of nitrogens with zero attached hydrogens (tertiary/aromatic N) is 2. The molecule has 1 heterocycles. The van der Waals surface area contributed by atoms with E-state index in [-0.39, 0.29) is 18.1 Å². The van der Waals surface area contributed by atoms with Gasteiger partial charge in [0, 0.05) is 38.9 Å². The Morgan fingerprint density at radius 3 is 2.29 bits per heavy atom. The van der Waals surface area contributed by atoms with Crippen molar-refractivity contribution in [2.45, 2.75) is 26.1 Å². The Morgan fingerprint density at radius 2 is 1.76 bits per heavy atom. The molecule has 4 heteroatoms. The van der Waals surface area contributed by atoms with Gasteiger partial charge < -0.3 is 14.5 Å². The first-order valence-corrected chi connectivity index (χ1v) is 7.35. The molecule has 2 unspecified atom stereocenters. The highest BCUT2D eigenvalue weighted by Gasteiger charge is 2.24. The van der Waals surface area contributed by atoms with Gasteiger partial charge >= 0.3 is 0 Å². The van der Waals surface area contributed by atoms with Crippen LogP contribution in [0.4, 0.5) is 5.69 Å². The molecule has 0 N–H and O–H groups in total. The second-order valence-electron chi connectivity index (χ2n) is 5.82.